The monoisotopic (exact) mass is 434 g/mol. The minimum atomic E-state index is -1.96. The number of ether oxygens (including phenoxy) is 5. The molecule has 0 heterocycles. The molecule has 8 heteroatoms. The van der Waals surface area contributed by atoms with Crippen molar-refractivity contribution in [1.82, 2.24) is 0 Å². The number of ketones is 1. The van der Waals surface area contributed by atoms with Gasteiger partial charge in [-0.1, -0.05) is 41.2 Å². The SMILES string of the molecule is C=C(C)C(=O)C(CC)OC(OCCC)(P=O)C(OCCC)(OCCC)OCCC. The summed E-state index contributed by atoms with van der Waals surface area (Å²) in [7, 11) is -0.559. The van der Waals surface area contributed by atoms with Crippen LogP contribution >= 0.6 is 8.46 Å². The maximum absolute atomic E-state index is 12.6. The van der Waals surface area contributed by atoms with Crippen molar-refractivity contribution in [2.75, 3.05) is 26.4 Å². The van der Waals surface area contributed by atoms with Gasteiger partial charge in [-0.05, 0) is 44.6 Å². The van der Waals surface area contributed by atoms with Crippen LogP contribution in [-0.4, -0.2) is 49.8 Å². The molecule has 2 atom stereocenters. The third-order valence-electron chi connectivity index (χ3n) is 3.88. The van der Waals surface area contributed by atoms with E-state index in [1.165, 1.54) is 0 Å². The van der Waals surface area contributed by atoms with Crippen LogP contribution in [0.4, 0.5) is 0 Å². The predicted octanol–water partition coefficient (Wildman–Crippen LogP) is 5.23. The van der Waals surface area contributed by atoms with Gasteiger partial charge >= 0.3 is 11.5 Å². The molecule has 2 unspecified atom stereocenters. The number of hydrogen-bond donors (Lipinski definition) is 0. The van der Waals surface area contributed by atoms with Gasteiger partial charge in [0.15, 0.2) is 5.78 Å². The van der Waals surface area contributed by atoms with Crippen LogP contribution in [0, 0.1) is 0 Å². The van der Waals surface area contributed by atoms with Gasteiger partial charge in [0.05, 0.1) is 26.4 Å². The Morgan fingerprint density at radius 1 is 0.862 bits per heavy atom. The summed E-state index contributed by atoms with van der Waals surface area (Å²) in [6, 6.07) is 0. The molecule has 0 spiro atoms. The van der Waals surface area contributed by atoms with Crippen molar-refractivity contribution in [3.8, 4) is 0 Å². The molecule has 29 heavy (non-hydrogen) atoms. The fourth-order valence-corrected chi connectivity index (χ4v) is 3.06. The number of carbonyl (C=O) groups is 1. The molecule has 0 aliphatic heterocycles. The lowest BCUT2D eigenvalue weighted by Gasteiger charge is -2.44. The summed E-state index contributed by atoms with van der Waals surface area (Å²) in [6.45, 7) is 15.9. The van der Waals surface area contributed by atoms with Crippen LogP contribution < -0.4 is 0 Å². The Bertz CT molecular complexity index is 476. The first-order chi connectivity index (χ1) is 13.8. The summed E-state index contributed by atoms with van der Waals surface area (Å²) in [5.41, 5.74) is -1.62. The lowest BCUT2D eigenvalue weighted by atomic mass is 10.1. The minimum absolute atomic E-state index is 0.217. The third-order valence-corrected chi connectivity index (χ3v) is 4.63. The van der Waals surface area contributed by atoms with Crippen LogP contribution in [0.1, 0.15) is 73.6 Å². The molecular formula is C21H39O7P. The van der Waals surface area contributed by atoms with Crippen molar-refractivity contribution < 1.29 is 33.0 Å². The van der Waals surface area contributed by atoms with Gasteiger partial charge in [0, 0.05) is 0 Å². The summed E-state index contributed by atoms with van der Waals surface area (Å²) in [5.74, 6) is -2.17. The molecule has 0 amide bonds. The first kappa shape index (κ1) is 28.3. The average Bonchev–Trinajstić information content (AvgIpc) is 2.73. The molecule has 0 rings (SSSR count). The van der Waals surface area contributed by atoms with E-state index in [-0.39, 0.29) is 32.2 Å². The van der Waals surface area contributed by atoms with Crippen molar-refractivity contribution in [2.24, 2.45) is 0 Å². The normalized spacial score (nSPS) is 15.2. The summed E-state index contributed by atoms with van der Waals surface area (Å²) in [4.78, 5) is 12.6. The van der Waals surface area contributed by atoms with Crippen molar-refractivity contribution >= 4 is 14.2 Å². The first-order valence-corrected chi connectivity index (χ1v) is 11.4. The molecular weight excluding hydrogens is 395 g/mol. The quantitative estimate of drug-likeness (QED) is 0.156. The van der Waals surface area contributed by atoms with Gasteiger partial charge in [-0.25, -0.2) is 0 Å². The van der Waals surface area contributed by atoms with Crippen LogP contribution in [-0.2, 0) is 33.0 Å². The standard InChI is InChI=1S/C21H39O7P/c1-8-13-24-20(25-14-9-2,26-15-10-3)21(29-23,27-16-11-4)28-18(12-5)19(22)17(6)7/h18H,6,8-16H2,1-5,7H3. The van der Waals surface area contributed by atoms with E-state index in [0.717, 1.165) is 0 Å². The summed E-state index contributed by atoms with van der Waals surface area (Å²) in [6.07, 6.45) is 2.07. The zero-order valence-electron chi connectivity index (χ0n) is 19.0. The van der Waals surface area contributed by atoms with Gasteiger partial charge in [-0.3, -0.25) is 9.36 Å². The smallest absolute Gasteiger partial charge is 0.334 e. The minimum Gasteiger partial charge on any atom is -0.334 e. The second kappa shape index (κ2) is 15.2. The van der Waals surface area contributed by atoms with E-state index in [1.807, 2.05) is 27.7 Å². The van der Waals surface area contributed by atoms with Crippen molar-refractivity contribution in [3.63, 3.8) is 0 Å². The molecule has 0 aliphatic carbocycles. The predicted molar refractivity (Wildman–Crippen MR) is 113 cm³/mol. The van der Waals surface area contributed by atoms with Gasteiger partial charge in [-0.15, -0.1) is 0 Å². The molecule has 170 valence electrons. The summed E-state index contributed by atoms with van der Waals surface area (Å²) in [5, 5.41) is 0. The lowest BCUT2D eigenvalue weighted by molar-refractivity contribution is -0.473. The molecule has 0 radical (unpaired) electrons. The molecule has 0 fully saturated rings. The first-order valence-electron chi connectivity index (χ1n) is 10.6. The molecule has 0 aromatic carbocycles. The Kier molecular flexibility index (Phi) is 14.8. The maximum atomic E-state index is 12.6. The molecule has 0 bridgehead atoms. The fourth-order valence-electron chi connectivity index (χ4n) is 2.44. The Morgan fingerprint density at radius 3 is 1.59 bits per heavy atom. The van der Waals surface area contributed by atoms with E-state index < -0.39 is 26.1 Å². The van der Waals surface area contributed by atoms with Crippen molar-refractivity contribution in [1.29, 1.82) is 0 Å². The average molecular weight is 435 g/mol. The van der Waals surface area contributed by atoms with E-state index in [4.69, 9.17) is 23.7 Å². The zero-order chi connectivity index (χ0) is 22.3. The largest absolute Gasteiger partial charge is 0.353 e. The third kappa shape index (κ3) is 8.16. The maximum Gasteiger partial charge on any atom is 0.353 e. The summed E-state index contributed by atoms with van der Waals surface area (Å²) >= 11 is 0. The topological polar surface area (TPSA) is 80.3 Å². The lowest BCUT2D eigenvalue weighted by Crippen LogP contribution is -2.61. The van der Waals surface area contributed by atoms with Gasteiger partial charge in [0.25, 0.3) is 0 Å². The van der Waals surface area contributed by atoms with E-state index in [9.17, 15) is 9.36 Å². The van der Waals surface area contributed by atoms with Crippen LogP contribution in [0.2, 0.25) is 0 Å². The van der Waals surface area contributed by atoms with E-state index in [2.05, 4.69) is 6.58 Å². The highest BCUT2D eigenvalue weighted by molar-refractivity contribution is 7.25. The Balaban J connectivity index is 6.36. The van der Waals surface area contributed by atoms with Crippen LogP contribution in [0.3, 0.4) is 0 Å². The second-order valence-electron chi connectivity index (χ2n) is 6.78. The Labute approximate surface area is 177 Å². The highest BCUT2D eigenvalue weighted by Gasteiger charge is 2.62. The van der Waals surface area contributed by atoms with Crippen LogP contribution in [0.15, 0.2) is 12.2 Å². The molecule has 0 aromatic rings. The van der Waals surface area contributed by atoms with Gasteiger partial charge < -0.3 is 23.7 Å². The molecule has 0 saturated carbocycles. The van der Waals surface area contributed by atoms with E-state index in [1.54, 1.807) is 13.8 Å². The molecule has 0 aromatic heterocycles. The molecule has 0 aliphatic rings. The Morgan fingerprint density at radius 2 is 1.28 bits per heavy atom. The molecule has 0 saturated heterocycles. The van der Waals surface area contributed by atoms with Gasteiger partial charge in [0.2, 0.25) is 8.46 Å². The van der Waals surface area contributed by atoms with Crippen molar-refractivity contribution in [3.05, 3.63) is 12.2 Å². The fraction of sp³-hybridized carbons (Fsp3) is 0.857. The summed E-state index contributed by atoms with van der Waals surface area (Å²) < 4.78 is 42.6. The van der Waals surface area contributed by atoms with Crippen LogP contribution in [0.5, 0.6) is 0 Å². The number of rotatable bonds is 19. The highest BCUT2D eigenvalue weighted by atomic mass is 31.1. The van der Waals surface area contributed by atoms with Gasteiger partial charge in [0.1, 0.15) is 6.10 Å². The number of Topliss-reactive ketones (excluding diaryl/α,β-unsaturated/α-hetero) is 1. The molecule has 0 N–H and O–H groups in total. The Hall–Kier alpha value is -0.690. The van der Waals surface area contributed by atoms with E-state index in [0.29, 0.717) is 37.7 Å². The van der Waals surface area contributed by atoms with E-state index >= 15 is 0 Å². The zero-order valence-corrected chi connectivity index (χ0v) is 19.8. The second-order valence-corrected chi connectivity index (χ2v) is 7.55. The van der Waals surface area contributed by atoms with Crippen LogP contribution in [0.25, 0.3) is 0 Å². The molecule has 7 nitrogen and oxygen atoms in total. The number of hydrogen-bond acceptors (Lipinski definition) is 7. The van der Waals surface area contributed by atoms with Gasteiger partial charge in [-0.2, -0.15) is 0 Å². The highest BCUT2D eigenvalue weighted by Crippen LogP contribution is 2.44. The number of carbonyl (C=O) groups excluding carboxylic acids is 1. The van der Waals surface area contributed by atoms with Crippen molar-refractivity contribution in [2.45, 2.75) is 91.3 Å².